The van der Waals surface area contributed by atoms with E-state index in [0.717, 1.165) is 0 Å². The number of hydrogen-bond donors (Lipinski definition) is 3. The van der Waals surface area contributed by atoms with Crippen molar-refractivity contribution in [1.29, 1.82) is 0 Å². The van der Waals surface area contributed by atoms with Crippen LogP contribution in [0.1, 0.15) is 5.71 Å². The molecule has 0 aliphatic rings. The van der Waals surface area contributed by atoms with E-state index in [1.165, 1.54) is 0 Å². The minimum absolute atomic E-state index is 0. The first-order valence-corrected chi connectivity index (χ1v) is 6.34. The van der Waals surface area contributed by atoms with Gasteiger partial charge < -0.3 is 10.6 Å². The van der Waals surface area contributed by atoms with Crippen LogP contribution in [0.3, 0.4) is 0 Å². The van der Waals surface area contributed by atoms with Crippen LogP contribution in [0.2, 0.25) is 0 Å². The Hall–Kier alpha value is 1.46. The van der Waals surface area contributed by atoms with Crippen molar-refractivity contribution in [2.75, 3.05) is 0 Å². The zero-order chi connectivity index (χ0) is 10.9. The predicted molar refractivity (Wildman–Crippen MR) is 51.0 cm³/mol. The summed E-state index contributed by atoms with van der Waals surface area (Å²) in [6.45, 7) is 0. The molecule has 88 valence electrons. The standard InChI is InChI=1S/2Mg.H3O10PS2.4H/c;;1-11(2,9-12(3,4)5)10-13(6,7)8;;;;/h;;(H,1,2)(H,3,4,5)(H,6,7,8);;;;/q2*+2;;4*-1. The van der Waals surface area contributed by atoms with Gasteiger partial charge in [-0.15, -0.1) is 7.94 Å². The summed E-state index contributed by atoms with van der Waals surface area (Å²) in [5, 5.41) is 0. The first kappa shape index (κ1) is 21.7. The Morgan fingerprint density at radius 3 is 1.27 bits per heavy atom. The van der Waals surface area contributed by atoms with E-state index in [-0.39, 0.29) is 51.8 Å². The van der Waals surface area contributed by atoms with Crippen molar-refractivity contribution in [2.45, 2.75) is 0 Å². The maximum absolute atomic E-state index is 10.3. The van der Waals surface area contributed by atoms with Crippen LogP contribution in [0.15, 0.2) is 0 Å². The summed E-state index contributed by atoms with van der Waals surface area (Å²) in [6, 6.07) is 0. The molecule has 0 aromatic heterocycles. The Balaban J connectivity index is -0.0000000480. The van der Waals surface area contributed by atoms with Crippen molar-refractivity contribution in [3.63, 3.8) is 0 Å². The maximum atomic E-state index is 10.3. The van der Waals surface area contributed by atoms with Crippen molar-refractivity contribution < 1.29 is 49.0 Å². The fourth-order valence-electron chi connectivity index (χ4n) is 0.250. The topological polar surface area (TPSA) is 164 Å². The van der Waals surface area contributed by atoms with Gasteiger partial charge in [-0.2, -0.15) is 16.8 Å². The summed E-state index contributed by atoms with van der Waals surface area (Å²) in [6.07, 6.45) is 0. The Morgan fingerprint density at radius 1 is 0.933 bits per heavy atom. The van der Waals surface area contributed by atoms with E-state index in [1.807, 2.05) is 0 Å². The molecule has 0 saturated carbocycles. The fraction of sp³-hybridized carbons (Fsp3) is 0. The summed E-state index contributed by atoms with van der Waals surface area (Å²) in [7, 11) is -16.3. The van der Waals surface area contributed by atoms with Gasteiger partial charge in [-0.3, -0.25) is 9.11 Å². The van der Waals surface area contributed by atoms with Gasteiger partial charge >= 0.3 is 74.7 Å². The van der Waals surface area contributed by atoms with E-state index in [0.29, 0.717) is 0 Å². The molecular weight excluding hydrogens is 304 g/mol. The van der Waals surface area contributed by atoms with Gasteiger partial charge in [0.05, 0.1) is 0 Å². The molecule has 0 radical (unpaired) electrons. The first-order chi connectivity index (χ1) is 5.41. The molecule has 15 heavy (non-hydrogen) atoms. The van der Waals surface area contributed by atoms with E-state index < -0.39 is 28.6 Å². The molecule has 3 N–H and O–H groups in total. The van der Waals surface area contributed by atoms with Crippen LogP contribution >= 0.6 is 7.82 Å². The third-order valence-electron chi connectivity index (χ3n) is 0.377. The van der Waals surface area contributed by atoms with Gasteiger partial charge in [-0.05, 0) is 0 Å². The quantitative estimate of drug-likeness (QED) is 0.313. The molecule has 0 spiro atoms. The van der Waals surface area contributed by atoms with Crippen LogP contribution in [0.25, 0.3) is 0 Å². The minimum Gasteiger partial charge on any atom is -1.00 e. The number of hydrogen-bond acceptors (Lipinski definition) is 7. The van der Waals surface area contributed by atoms with Crippen molar-refractivity contribution in [3.8, 4) is 0 Å². The minimum atomic E-state index is -5.61. The van der Waals surface area contributed by atoms with Crippen molar-refractivity contribution in [3.05, 3.63) is 0 Å². The second-order valence-electron chi connectivity index (χ2n) is 1.47. The van der Waals surface area contributed by atoms with Crippen LogP contribution in [0, 0.1) is 0 Å². The Bertz CT molecular complexity index is 392. The van der Waals surface area contributed by atoms with Gasteiger partial charge in [-0.25, -0.2) is 4.57 Å². The summed E-state index contributed by atoms with van der Waals surface area (Å²) >= 11 is 0. The summed E-state index contributed by atoms with van der Waals surface area (Å²) in [5.74, 6) is 0. The molecule has 0 rings (SSSR count). The summed E-state index contributed by atoms with van der Waals surface area (Å²) < 4.78 is 70.8. The van der Waals surface area contributed by atoms with E-state index in [9.17, 15) is 21.4 Å². The molecule has 0 amide bonds. The molecule has 10 nitrogen and oxygen atoms in total. The Kier molecular flexibility index (Phi) is 10.2. The Morgan fingerprint density at radius 2 is 1.13 bits per heavy atom. The number of rotatable bonds is 4. The first-order valence-electron chi connectivity index (χ1n) is 2.11. The van der Waals surface area contributed by atoms with Gasteiger partial charge in [-0.1, -0.05) is 0 Å². The molecule has 0 fully saturated rings. The van der Waals surface area contributed by atoms with Crippen LogP contribution in [0.5, 0.6) is 0 Å². The van der Waals surface area contributed by atoms with Crippen LogP contribution < -0.4 is 0 Å². The third-order valence-corrected chi connectivity index (χ3v) is 3.39. The van der Waals surface area contributed by atoms with Gasteiger partial charge in [0.25, 0.3) is 0 Å². The normalized spacial score (nSPS) is 12.5. The number of phosphoric acid groups is 1. The van der Waals surface area contributed by atoms with Gasteiger partial charge in [0.15, 0.2) is 0 Å². The SMILES string of the molecule is O=P(O)(OS(=O)(=O)O)OS(=O)(=O)O.[H-].[H-].[H-].[H-].[Mg+2].[Mg+2]. The monoisotopic (exact) mass is 310 g/mol. The largest absolute Gasteiger partial charge is 2.00 e. The van der Waals surface area contributed by atoms with E-state index in [4.69, 9.17) is 14.0 Å². The zero-order valence-electron chi connectivity index (χ0n) is 10.9. The van der Waals surface area contributed by atoms with Crippen molar-refractivity contribution in [1.82, 2.24) is 0 Å². The van der Waals surface area contributed by atoms with Crippen LogP contribution in [-0.4, -0.2) is 76.9 Å². The van der Waals surface area contributed by atoms with Crippen molar-refractivity contribution in [2.24, 2.45) is 0 Å². The van der Waals surface area contributed by atoms with Gasteiger partial charge in [0.1, 0.15) is 0 Å². The van der Waals surface area contributed by atoms with E-state index in [1.54, 1.807) is 0 Å². The molecule has 0 bridgehead atoms. The van der Waals surface area contributed by atoms with Gasteiger partial charge in [0, 0.05) is 0 Å². The third kappa shape index (κ3) is 15.5. The summed E-state index contributed by atoms with van der Waals surface area (Å²) in [4.78, 5) is 8.22. The molecule has 0 aliphatic carbocycles. The van der Waals surface area contributed by atoms with Crippen LogP contribution in [-0.2, 0) is 33.3 Å². The molecule has 0 aromatic rings. The Labute approximate surface area is 123 Å². The predicted octanol–water partition coefficient (Wildman–Crippen LogP) is -1.59. The molecule has 15 heteroatoms. The molecule has 0 unspecified atom stereocenters. The van der Waals surface area contributed by atoms with Gasteiger partial charge in [0.2, 0.25) is 0 Å². The molecule has 0 saturated heterocycles. The fourth-order valence-corrected chi connectivity index (χ4v) is 2.48. The molecule has 0 heterocycles. The molecule has 0 aromatic carbocycles. The van der Waals surface area contributed by atoms with E-state index >= 15 is 0 Å². The summed E-state index contributed by atoms with van der Waals surface area (Å²) in [5.41, 5.74) is 0. The van der Waals surface area contributed by atoms with Crippen molar-refractivity contribution >= 4 is 74.7 Å². The molecule has 0 aliphatic heterocycles. The average Bonchev–Trinajstić information content (AvgIpc) is 1.43. The van der Waals surface area contributed by atoms with E-state index in [2.05, 4.69) is 7.94 Å². The maximum Gasteiger partial charge on any atom is 2.00 e. The molecule has 0 atom stereocenters. The van der Waals surface area contributed by atoms with Crippen LogP contribution in [0.4, 0.5) is 0 Å². The molecular formula is H7Mg2O10PS2. The zero-order valence-corrected chi connectivity index (χ0v) is 12.2. The second-order valence-corrected chi connectivity index (χ2v) is 5.31. The second kappa shape index (κ2) is 7.02. The average molecular weight is 311 g/mol. The smallest absolute Gasteiger partial charge is 1.00 e.